The third-order valence-corrected chi connectivity index (χ3v) is 8.24. The topological polar surface area (TPSA) is 125 Å². The lowest BCUT2D eigenvalue weighted by Crippen LogP contribution is -2.27. The lowest BCUT2D eigenvalue weighted by Gasteiger charge is -2.15. The molecule has 0 bridgehead atoms. The number of esters is 2. The van der Waals surface area contributed by atoms with Crippen molar-refractivity contribution in [2.75, 3.05) is 14.2 Å². The van der Waals surface area contributed by atoms with Gasteiger partial charge in [0.2, 0.25) is 10.0 Å². The molecule has 8 nitrogen and oxygen atoms in total. The van der Waals surface area contributed by atoms with Gasteiger partial charge in [0, 0.05) is 12.1 Å². The van der Waals surface area contributed by atoms with Crippen LogP contribution >= 0.6 is 12.4 Å². The molecule has 5 rings (SSSR count). The van der Waals surface area contributed by atoms with Gasteiger partial charge in [-0.2, -0.15) is 0 Å². The number of aryl methyl sites for hydroxylation is 2. The first-order valence-electron chi connectivity index (χ1n) is 12.1. The minimum atomic E-state index is -3.77. The van der Waals surface area contributed by atoms with Crippen molar-refractivity contribution in [1.29, 1.82) is 0 Å². The van der Waals surface area contributed by atoms with E-state index in [1.165, 1.54) is 31.9 Å². The number of carbonyl (C=O) groups excluding carboxylic acids is 2. The summed E-state index contributed by atoms with van der Waals surface area (Å²) in [7, 11) is -1.09. The summed E-state index contributed by atoms with van der Waals surface area (Å²) >= 11 is 0. The lowest BCUT2D eigenvalue weighted by atomic mass is 10.0. The second kappa shape index (κ2) is 15.1. The number of benzene rings is 3. The van der Waals surface area contributed by atoms with Gasteiger partial charge in [0.15, 0.2) is 0 Å². The molecule has 0 aliphatic heterocycles. The molecule has 0 aromatic heterocycles. The number of halogens is 2. The van der Waals surface area contributed by atoms with E-state index in [0.29, 0.717) is 24.0 Å². The van der Waals surface area contributed by atoms with Gasteiger partial charge < -0.3 is 22.6 Å². The van der Waals surface area contributed by atoms with Crippen LogP contribution in [0.3, 0.4) is 0 Å². The largest absolute Gasteiger partial charge is 0.465 e. The number of sulfonamides is 1. The minimum absolute atomic E-state index is 0. The number of carbonyl (C=O) groups is 2. The van der Waals surface area contributed by atoms with Crippen molar-refractivity contribution in [1.82, 2.24) is 4.72 Å². The second-order valence-corrected chi connectivity index (χ2v) is 10.8. The van der Waals surface area contributed by atoms with Crippen LogP contribution in [0.5, 0.6) is 0 Å². The summed E-state index contributed by atoms with van der Waals surface area (Å²) in [5, 5.41) is 0. The number of fused-ring (bicyclic) bond motifs is 2. The van der Waals surface area contributed by atoms with Crippen LogP contribution in [0.15, 0.2) is 65.6 Å². The normalized spacial score (nSPS) is 16.3. The number of ether oxygens (including phenoxy) is 2. The summed E-state index contributed by atoms with van der Waals surface area (Å²) in [5.41, 5.74) is 11.0. The molecule has 0 radical (unpaired) electrons. The quantitative estimate of drug-likeness (QED) is 0.290. The van der Waals surface area contributed by atoms with E-state index in [1.807, 2.05) is 18.2 Å². The summed E-state index contributed by atoms with van der Waals surface area (Å²) < 4.78 is 49.9. The molecule has 0 saturated carbocycles. The van der Waals surface area contributed by atoms with Crippen LogP contribution in [0.4, 0.5) is 4.39 Å². The van der Waals surface area contributed by atoms with Gasteiger partial charge >= 0.3 is 11.9 Å². The van der Waals surface area contributed by atoms with Crippen LogP contribution < -0.4 is 10.5 Å². The molecule has 3 aromatic rings. The fourth-order valence-electron chi connectivity index (χ4n) is 4.72. The zero-order valence-corrected chi connectivity index (χ0v) is 24.1. The van der Waals surface area contributed by atoms with Crippen LogP contribution in [-0.2, 0) is 32.3 Å². The molecule has 2 aliphatic rings. The maximum Gasteiger partial charge on any atom is 0.337 e. The molecule has 3 aromatic carbocycles. The van der Waals surface area contributed by atoms with Gasteiger partial charge in [-0.1, -0.05) is 19.6 Å². The SMILES string of the molecule is C.COC(=O)c1ccc2c(c1)[C@H](N)CC2.COC(=O)c1ccc2c(c1)[C@H](NS(=O)(=O)c1ccc(F)cc1)CC2.Cl.[CH3-]. The Morgan fingerprint density at radius 3 is 1.88 bits per heavy atom. The molecule has 2 atom stereocenters. The summed E-state index contributed by atoms with van der Waals surface area (Å²) in [6, 6.07) is 15.0. The van der Waals surface area contributed by atoms with Crippen molar-refractivity contribution in [3.05, 3.63) is 107 Å². The Hall–Kier alpha value is -3.31. The number of hydrogen-bond donors (Lipinski definition) is 2. The van der Waals surface area contributed by atoms with E-state index < -0.39 is 27.9 Å². The number of rotatable bonds is 5. The first-order chi connectivity index (χ1) is 18.1. The summed E-state index contributed by atoms with van der Waals surface area (Å²) in [6.07, 6.45) is 3.30. The van der Waals surface area contributed by atoms with E-state index >= 15 is 0 Å². The maximum atomic E-state index is 13.0. The van der Waals surface area contributed by atoms with Crippen molar-refractivity contribution in [3.63, 3.8) is 0 Å². The Morgan fingerprint density at radius 2 is 1.34 bits per heavy atom. The number of methoxy groups -OCH3 is 2. The average molecular weight is 608 g/mol. The average Bonchev–Trinajstić information content (AvgIpc) is 3.50. The summed E-state index contributed by atoms with van der Waals surface area (Å²) in [5.74, 6) is -1.26. The molecule has 2 aliphatic carbocycles. The molecule has 0 saturated heterocycles. The monoisotopic (exact) mass is 607 g/mol. The van der Waals surface area contributed by atoms with Crippen molar-refractivity contribution >= 4 is 34.4 Å². The van der Waals surface area contributed by atoms with Gasteiger partial charge in [-0.25, -0.2) is 27.1 Å². The Kier molecular flexibility index (Phi) is 13.1. The van der Waals surface area contributed by atoms with E-state index in [9.17, 15) is 22.4 Å². The van der Waals surface area contributed by atoms with E-state index in [1.54, 1.807) is 18.2 Å². The van der Waals surface area contributed by atoms with Crippen molar-refractivity contribution < 1.29 is 31.9 Å². The molecule has 0 amide bonds. The fourth-order valence-corrected chi connectivity index (χ4v) is 5.97. The standard InChI is InChI=1S/C17H16FNO4S.C11H13NO2.CH4.CH3.ClH/c1-23-17(20)12-3-2-11-4-9-16(15(11)10-12)19-24(21,22)14-7-5-13(18)6-8-14;1-14-11(13)8-3-2-7-4-5-10(12)9(7)6-8;;;/h2-3,5-8,10,16,19H,4,9H2,1H3;2-3,6,10H,4-5,12H2,1H3;1H4;1H3;1H/q;;;-1;/t16-;10-;;;/m11.../s1. The molecule has 0 heterocycles. The van der Waals surface area contributed by atoms with Crippen molar-refractivity contribution in [2.45, 2.75) is 50.1 Å². The third-order valence-electron chi connectivity index (χ3n) is 6.76. The molecule has 224 valence electrons. The van der Waals surface area contributed by atoms with Gasteiger partial charge in [0.25, 0.3) is 0 Å². The molecular weight excluding hydrogens is 571 g/mol. The summed E-state index contributed by atoms with van der Waals surface area (Å²) in [4.78, 5) is 22.9. The molecule has 0 fully saturated rings. The van der Waals surface area contributed by atoms with E-state index in [0.717, 1.165) is 41.7 Å². The van der Waals surface area contributed by atoms with Gasteiger partial charge in [-0.05, 0) is 96.5 Å². The third kappa shape index (κ3) is 8.13. The zero-order valence-electron chi connectivity index (χ0n) is 22.5. The molecule has 3 N–H and O–H groups in total. The van der Waals surface area contributed by atoms with E-state index in [4.69, 9.17) is 10.5 Å². The highest BCUT2D eigenvalue weighted by Crippen LogP contribution is 2.33. The summed E-state index contributed by atoms with van der Waals surface area (Å²) in [6.45, 7) is 0. The Morgan fingerprint density at radius 1 is 0.854 bits per heavy atom. The Labute approximate surface area is 247 Å². The predicted molar refractivity (Wildman–Crippen MR) is 159 cm³/mol. The fraction of sp³-hybridized carbons (Fsp3) is 0.300. The van der Waals surface area contributed by atoms with Gasteiger partial charge in [-0.15, -0.1) is 12.4 Å². The first-order valence-corrected chi connectivity index (χ1v) is 13.6. The Balaban J connectivity index is 0.000000427. The predicted octanol–water partition coefficient (Wildman–Crippen LogP) is 5.51. The highest BCUT2D eigenvalue weighted by atomic mass is 35.5. The molecule has 0 unspecified atom stereocenters. The van der Waals surface area contributed by atoms with Gasteiger partial charge in [0.05, 0.1) is 30.2 Å². The lowest BCUT2D eigenvalue weighted by molar-refractivity contribution is 0.0591. The number of hydrogen-bond acceptors (Lipinski definition) is 7. The Bertz CT molecular complexity index is 1460. The van der Waals surface area contributed by atoms with Crippen LogP contribution in [0.2, 0.25) is 0 Å². The molecule has 41 heavy (non-hydrogen) atoms. The van der Waals surface area contributed by atoms with Crippen molar-refractivity contribution in [3.8, 4) is 0 Å². The van der Waals surface area contributed by atoms with Crippen LogP contribution in [-0.4, -0.2) is 34.6 Å². The minimum Gasteiger partial charge on any atom is -0.465 e. The maximum absolute atomic E-state index is 13.0. The second-order valence-electron chi connectivity index (χ2n) is 9.12. The van der Waals surface area contributed by atoms with Crippen LogP contribution in [0.25, 0.3) is 0 Å². The van der Waals surface area contributed by atoms with Crippen LogP contribution in [0.1, 0.15) is 75.3 Å². The number of nitrogens with one attached hydrogen (secondary N) is 1. The van der Waals surface area contributed by atoms with Crippen LogP contribution in [0, 0.1) is 13.2 Å². The highest BCUT2D eigenvalue weighted by molar-refractivity contribution is 7.89. The zero-order chi connectivity index (χ0) is 27.4. The number of nitrogens with two attached hydrogens (primary N) is 1. The molecule has 11 heteroatoms. The van der Waals surface area contributed by atoms with Crippen molar-refractivity contribution in [2.24, 2.45) is 5.73 Å². The first kappa shape index (κ1) is 35.7. The van der Waals surface area contributed by atoms with E-state index in [2.05, 4.69) is 9.46 Å². The van der Waals surface area contributed by atoms with Gasteiger partial charge in [-0.3, -0.25) is 0 Å². The molecule has 0 spiro atoms. The van der Waals surface area contributed by atoms with Gasteiger partial charge in [0.1, 0.15) is 5.82 Å². The molecular formula is C30H37ClFN2O6S-. The smallest absolute Gasteiger partial charge is 0.337 e. The van der Waals surface area contributed by atoms with E-state index in [-0.39, 0.29) is 44.2 Å². The highest BCUT2D eigenvalue weighted by Gasteiger charge is 2.28.